The Morgan fingerprint density at radius 2 is 2.00 bits per heavy atom. The summed E-state index contributed by atoms with van der Waals surface area (Å²) in [7, 11) is 0. The highest BCUT2D eigenvalue weighted by Gasteiger charge is 2.10. The summed E-state index contributed by atoms with van der Waals surface area (Å²) in [6, 6.07) is 7.07. The first-order valence-electron chi connectivity index (χ1n) is 4.31. The first-order valence-corrected chi connectivity index (χ1v) is 4.31. The largest absolute Gasteiger partial charge is 0.478 e. The number of carboxylic acid groups (broad SMARTS) is 1. The first kappa shape index (κ1) is 9.42. The van der Waals surface area contributed by atoms with Gasteiger partial charge in [-0.25, -0.2) is 15.6 Å². The lowest BCUT2D eigenvalue weighted by atomic mass is 10.1. The fraction of sp³-hybridized carbons (Fsp3) is 0. The molecule has 2 aromatic rings. The molecule has 76 valence electrons. The number of carboxylic acids is 1. The molecule has 2 rings (SSSR count). The SMILES string of the molecule is NNc1ncc(C(=O)O)c2ccccc12. The fourth-order valence-electron chi connectivity index (χ4n) is 1.48. The molecule has 0 spiro atoms. The average molecular weight is 203 g/mol. The molecule has 1 aromatic heterocycles. The summed E-state index contributed by atoms with van der Waals surface area (Å²) in [4.78, 5) is 14.9. The van der Waals surface area contributed by atoms with Crippen molar-refractivity contribution in [3.8, 4) is 0 Å². The van der Waals surface area contributed by atoms with Crippen LogP contribution in [0.1, 0.15) is 10.4 Å². The Balaban J connectivity index is 2.83. The Morgan fingerprint density at radius 3 is 2.60 bits per heavy atom. The normalized spacial score (nSPS) is 10.2. The third-order valence-corrected chi connectivity index (χ3v) is 2.16. The number of nitrogen functional groups attached to an aromatic ring is 1. The molecule has 15 heavy (non-hydrogen) atoms. The van der Waals surface area contributed by atoms with E-state index in [1.54, 1.807) is 24.3 Å². The van der Waals surface area contributed by atoms with E-state index in [0.717, 1.165) is 0 Å². The number of hydrogen-bond donors (Lipinski definition) is 3. The molecule has 0 unspecified atom stereocenters. The number of benzene rings is 1. The molecule has 5 nitrogen and oxygen atoms in total. The third-order valence-electron chi connectivity index (χ3n) is 2.16. The van der Waals surface area contributed by atoms with Crippen LogP contribution >= 0.6 is 0 Å². The third kappa shape index (κ3) is 1.49. The second kappa shape index (κ2) is 3.55. The second-order valence-electron chi connectivity index (χ2n) is 3.02. The van der Waals surface area contributed by atoms with E-state index in [2.05, 4.69) is 10.4 Å². The predicted octanol–water partition coefficient (Wildman–Crippen LogP) is 1.22. The van der Waals surface area contributed by atoms with Crippen LogP contribution in [-0.4, -0.2) is 16.1 Å². The zero-order valence-electron chi connectivity index (χ0n) is 7.77. The van der Waals surface area contributed by atoms with Crippen LogP contribution in [0, 0.1) is 0 Å². The van der Waals surface area contributed by atoms with Gasteiger partial charge < -0.3 is 10.5 Å². The molecule has 0 aliphatic carbocycles. The summed E-state index contributed by atoms with van der Waals surface area (Å²) < 4.78 is 0. The minimum absolute atomic E-state index is 0.171. The lowest BCUT2D eigenvalue weighted by Crippen LogP contribution is -2.10. The number of rotatable bonds is 2. The maximum absolute atomic E-state index is 10.9. The van der Waals surface area contributed by atoms with Crippen molar-refractivity contribution in [3.05, 3.63) is 36.0 Å². The first-order chi connectivity index (χ1) is 7.24. The summed E-state index contributed by atoms with van der Waals surface area (Å²) in [5, 5.41) is 10.3. The summed E-state index contributed by atoms with van der Waals surface area (Å²) in [6.07, 6.45) is 1.29. The molecule has 0 saturated carbocycles. The number of nitrogens with one attached hydrogen (secondary N) is 1. The van der Waals surface area contributed by atoms with Crippen LogP contribution in [0.3, 0.4) is 0 Å². The Bertz CT molecular complexity index is 525. The summed E-state index contributed by atoms with van der Waals surface area (Å²) in [6.45, 7) is 0. The van der Waals surface area contributed by atoms with E-state index in [0.29, 0.717) is 16.6 Å². The average Bonchev–Trinajstić information content (AvgIpc) is 2.27. The van der Waals surface area contributed by atoms with E-state index < -0.39 is 5.97 Å². The summed E-state index contributed by atoms with van der Waals surface area (Å²) in [5.74, 6) is 4.75. The van der Waals surface area contributed by atoms with Gasteiger partial charge >= 0.3 is 5.97 Å². The van der Waals surface area contributed by atoms with Crippen molar-refractivity contribution in [1.29, 1.82) is 0 Å². The van der Waals surface area contributed by atoms with Gasteiger partial charge in [-0.15, -0.1) is 0 Å². The van der Waals surface area contributed by atoms with Crippen LogP contribution in [0.25, 0.3) is 10.8 Å². The van der Waals surface area contributed by atoms with Gasteiger partial charge in [0.2, 0.25) is 0 Å². The molecule has 1 heterocycles. The zero-order valence-corrected chi connectivity index (χ0v) is 7.77. The molecular formula is C10H9N3O2. The number of nitrogens with two attached hydrogens (primary N) is 1. The number of fused-ring (bicyclic) bond motifs is 1. The van der Waals surface area contributed by atoms with Gasteiger partial charge in [0.25, 0.3) is 0 Å². The number of anilines is 1. The molecule has 0 radical (unpaired) electrons. The van der Waals surface area contributed by atoms with Crippen molar-refractivity contribution in [3.63, 3.8) is 0 Å². The van der Waals surface area contributed by atoms with Crippen LogP contribution in [0.5, 0.6) is 0 Å². The van der Waals surface area contributed by atoms with Crippen molar-refractivity contribution >= 4 is 22.6 Å². The van der Waals surface area contributed by atoms with E-state index in [4.69, 9.17) is 10.9 Å². The van der Waals surface area contributed by atoms with Gasteiger partial charge in [-0.2, -0.15) is 0 Å². The lowest BCUT2D eigenvalue weighted by Gasteiger charge is -2.06. The molecule has 1 aromatic carbocycles. The summed E-state index contributed by atoms with van der Waals surface area (Å²) >= 11 is 0. The van der Waals surface area contributed by atoms with Crippen LogP contribution in [0.15, 0.2) is 30.5 Å². The minimum atomic E-state index is -0.998. The Morgan fingerprint density at radius 1 is 1.33 bits per heavy atom. The number of aromatic nitrogens is 1. The summed E-state index contributed by atoms with van der Waals surface area (Å²) in [5.41, 5.74) is 2.60. The number of pyridine rings is 1. The van der Waals surface area contributed by atoms with Crippen molar-refractivity contribution in [2.75, 3.05) is 5.43 Å². The Labute approximate surface area is 85.5 Å². The number of aromatic carboxylic acids is 1. The Kier molecular flexibility index (Phi) is 2.23. The molecule has 0 aliphatic rings. The van der Waals surface area contributed by atoms with Gasteiger partial charge in [0.15, 0.2) is 0 Å². The second-order valence-corrected chi connectivity index (χ2v) is 3.02. The van der Waals surface area contributed by atoms with Gasteiger partial charge in [-0.3, -0.25) is 0 Å². The highest BCUT2D eigenvalue weighted by atomic mass is 16.4. The lowest BCUT2D eigenvalue weighted by molar-refractivity contribution is 0.0698. The van der Waals surface area contributed by atoms with Crippen LogP contribution in [-0.2, 0) is 0 Å². The molecule has 5 heteroatoms. The molecule has 0 saturated heterocycles. The van der Waals surface area contributed by atoms with Crippen LogP contribution in [0.4, 0.5) is 5.82 Å². The molecule has 0 amide bonds. The van der Waals surface area contributed by atoms with Gasteiger partial charge in [-0.05, 0) is 0 Å². The Hall–Kier alpha value is -2.14. The minimum Gasteiger partial charge on any atom is -0.478 e. The van der Waals surface area contributed by atoms with E-state index in [1.807, 2.05) is 0 Å². The quantitative estimate of drug-likeness (QED) is 0.504. The van der Waals surface area contributed by atoms with Crippen molar-refractivity contribution in [1.82, 2.24) is 4.98 Å². The molecule has 0 atom stereocenters. The van der Waals surface area contributed by atoms with Gasteiger partial charge in [-0.1, -0.05) is 24.3 Å². The van der Waals surface area contributed by atoms with Gasteiger partial charge in [0.05, 0.1) is 5.56 Å². The van der Waals surface area contributed by atoms with E-state index >= 15 is 0 Å². The smallest absolute Gasteiger partial charge is 0.337 e. The highest BCUT2D eigenvalue weighted by molar-refractivity contribution is 6.06. The van der Waals surface area contributed by atoms with E-state index in [-0.39, 0.29) is 5.56 Å². The van der Waals surface area contributed by atoms with Crippen molar-refractivity contribution in [2.24, 2.45) is 5.84 Å². The fourth-order valence-corrected chi connectivity index (χ4v) is 1.48. The standard InChI is InChI=1S/C10H9N3O2/c11-13-9-7-4-2-1-3-6(7)8(5-12-9)10(14)15/h1-5H,11H2,(H,12,13)(H,14,15). The van der Waals surface area contributed by atoms with E-state index in [1.165, 1.54) is 6.20 Å². The molecule has 0 bridgehead atoms. The van der Waals surface area contributed by atoms with Crippen LogP contribution < -0.4 is 11.3 Å². The maximum atomic E-state index is 10.9. The molecule has 0 fully saturated rings. The number of nitrogens with zero attached hydrogens (tertiary/aromatic N) is 1. The number of hydrazine groups is 1. The molecule has 0 aliphatic heterocycles. The number of hydrogen-bond acceptors (Lipinski definition) is 4. The van der Waals surface area contributed by atoms with Gasteiger partial charge in [0, 0.05) is 17.0 Å². The monoisotopic (exact) mass is 203 g/mol. The van der Waals surface area contributed by atoms with E-state index in [9.17, 15) is 4.79 Å². The van der Waals surface area contributed by atoms with Crippen molar-refractivity contribution in [2.45, 2.75) is 0 Å². The zero-order chi connectivity index (χ0) is 10.8. The molecular weight excluding hydrogens is 194 g/mol. The molecule has 4 N–H and O–H groups in total. The maximum Gasteiger partial charge on any atom is 0.337 e. The highest BCUT2D eigenvalue weighted by Crippen LogP contribution is 2.23. The number of carbonyl (C=O) groups is 1. The topological polar surface area (TPSA) is 88.2 Å². The van der Waals surface area contributed by atoms with Crippen molar-refractivity contribution < 1.29 is 9.90 Å². The van der Waals surface area contributed by atoms with Gasteiger partial charge in [0.1, 0.15) is 5.82 Å². The predicted molar refractivity (Wildman–Crippen MR) is 56.5 cm³/mol. The van der Waals surface area contributed by atoms with Crippen LogP contribution in [0.2, 0.25) is 0 Å².